The maximum atomic E-state index is 15.5. The second-order valence-corrected chi connectivity index (χ2v) is 8.22. The van der Waals surface area contributed by atoms with Gasteiger partial charge in [0, 0.05) is 21.5 Å². The summed E-state index contributed by atoms with van der Waals surface area (Å²) in [6.07, 6.45) is 0. The molecule has 38 heavy (non-hydrogen) atoms. The molecule has 188 valence electrons. The molecule has 1 heterocycles. The highest BCUT2D eigenvalue weighted by molar-refractivity contribution is 6.19. The number of hydrogen-bond donors (Lipinski definition) is 0. The van der Waals surface area contributed by atoms with Crippen LogP contribution in [0.1, 0.15) is 5.56 Å². The van der Waals surface area contributed by atoms with Crippen molar-refractivity contribution in [1.29, 1.82) is 5.26 Å². The lowest BCUT2D eigenvalue weighted by Crippen LogP contribution is -2.19. The summed E-state index contributed by atoms with van der Waals surface area (Å²) in [7, 11) is 0. The molecule has 0 spiro atoms. The van der Waals surface area contributed by atoms with Crippen molar-refractivity contribution >= 4 is 38.6 Å². The van der Waals surface area contributed by atoms with Crippen molar-refractivity contribution in [2.75, 3.05) is 4.90 Å². The predicted octanol–water partition coefficient (Wildman–Crippen LogP) is 8.55. The summed E-state index contributed by atoms with van der Waals surface area (Å²) in [6.45, 7) is 0. The molecule has 1 aliphatic rings. The van der Waals surface area contributed by atoms with Crippen molar-refractivity contribution in [3.8, 4) is 17.6 Å². The molecule has 5 aromatic carbocycles. The van der Waals surface area contributed by atoms with Crippen molar-refractivity contribution in [2.24, 2.45) is 0 Å². The third kappa shape index (κ3) is 2.88. The van der Waals surface area contributed by atoms with Gasteiger partial charge in [0.05, 0.1) is 22.6 Å². The molecular weight excluding hydrogens is 520 g/mol. The third-order valence-electron chi connectivity index (χ3n) is 6.28. The van der Waals surface area contributed by atoms with Gasteiger partial charge in [0.25, 0.3) is 0 Å². The van der Waals surface area contributed by atoms with E-state index >= 15 is 17.6 Å². The van der Waals surface area contributed by atoms with Gasteiger partial charge in [0.2, 0.25) is 0 Å². The monoisotopic (exact) mass is 528 g/mol. The number of hydrogen-bond acceptors (Lipinski definition) is 3. The molecule has 6 rings (SSSR count). The molecule has 0 unspecified atom stereocenters. The Bertz CT molecular complexity index is 1790. The average molecular weight is 528 g/mol. The first-order valence-corrected chi connectivity index (χ1v) is 10.7. The first-order chi connectivity index (χ1) is 18.2. The highest BCUT2D eigenvalue weighted by Crippen LogP contribution is 2.55. The fourth-order valence-electron chi connectivity index (χ4n) is 4.71. The zero-order valence-electron chi connectivity index (χ0n) is 18.4. The maximum absolute atomic E-state index is 15.5. The number of nitrogens with zero attached hydrogens (tertiary/aromatic N) is 2. The van der Waals surface area contributed by atoms with Gasteiger partial charge in [-0.25, -0.2) is 35.1 Å². The lowest BCUT2D eigenvalue weighted by Gasteiger charge is -2.34. The first kappa shape index (κ1) is 23.5. The van der Waals surface area contributed by atoms with Crippen molar-refractivity contribution in [3.63, 3.8) is 0 Å². The summed E-state index contributed by atoms with van der Waals surface area (Å²) in [6, 6.07) is 12.9. The van der Waals surface area contributed by atoms with Crippen molar-refractivity contribution in [3.05, 3.63) is 101 Å². The number of benzene rings is 5. The van der Waals surface area contributed by atoms with Crippen molar-refractivity contribution in [1.82, 2.24) is 0 Å². The Labute approximate surface area is 207 Å². The highest BCUT2D eigenvalue weighted by Gasteiger charge is 2.37. The van der Waals surface area contributed by atoms with Crippen LogP contribution in [0.4, 0.5) is 52.2 Å². The number of rotatable bonds is 1. The SMILES string of the molecule is N#Cc1c2c(F)c(F)c(F)c(F)c2c(N2c3ccccc3Oc3ccccc32)c2c(F)c(F)c(F)c(F)c12. The van der Waals surface area contributed by atoms with E-state index in [0.29, 0.717) is 0 Å². The molecule has 1 aliphatic heterocycles. The zero-order chi connectivity index (χ0) is 27.0. The normalized spacial score (nSPS) is 12.3. The lowest BCUT2D eigenvalue weighted by molar-refractivity contribution is 0.416. The third-order valence-corrected chi connectivity index (χ3v) is 6.28. The number of anilines is 3. The Morgan fingerprint density at radius 1 is 0.526 bits per heavy atom. The Kier molecular flexibility index (Phi) is 5.00. The van der Waals surface area contributed by atoms with Gasteiger partial charge in [-0.3, -0.25) is 0 Å². The van der Waals surface area contributed by atoms with Gasteiger partial charge in [-0.15, -0.1) is 0 Å². The maximum Gasteiger partial charge on any atom is 0.198 e. The quantitative estimate of drug-likeness (QED) is 0.0929. The average Bonchev–Trinajstić information content (AvgIpc) is 2.94. The van der Waals surface area contributed by atoms with Gasteiger partial charge in [-0.1, -0.05) is 24.3 Å². The van der Waals surface area contributed by atoms with Crippen LogP contribution in [0.5, 0.6) is 11.5 Å². The Hall–Kier alpha value is -4.85. The van der Waals surface area contributed by atoms with E-state index in [1.165, 1.54) is 54.6 Å². The molecule has 0 saturated carbocycles. The minimum absolute atomic E-state index is 0.00686. The van der Waals surface area contributed by atoms with Crippen LogP contribution in [0.3, 0.4) is 0 Å². The minimum Gasteiger partial charge on any atom is -0.453 e. The van der Waals surface area contributed by atoms with E-state index in [0.717, 1.165) is 4.90 Å². The van der Waals surface area contributed by atoms with Gasteiger partial charge in [0.1, 0.15) is 6.07 Å². The number of fused-ring (bicyclic) bond motifs is 4. The largest absolute Gasteiger partial charge is 0.453 e. The van der Waals surface area contributed by atoms with E-state index < -0.39 is 79.3 Å². The number of para-hydroxylation sites is 4. The molecule has 0 N–H and O–H groups in total. The molecule has 5 aromatic rings. The number of halogens is 8. The van der Waals surface area contributed by atoms with E-state index in [2.05, 4.69) is 0 Å². The topological polar surface area (TPSA) is 36.3 Å². The molecule has 11 heteroatoms. The predicted molar refractivity (Wildman–Crippen MR) is 121 cm³/mol. The van der Waals surface area contributed by atoms with E-state index in [1.54, 1.807) is 0 Å². The van der Waals surface area contributed by atoms with E-state index in [9.17, 15) is 22.8 Å². The van der Waals surface area contributed by atoms with Gasteiger partial charge in [0.15, 0.2) is 58.0 Å². The number of nitriles is 1. The molecule has 0 aliphatic carbocycles. The van der Waals surface area contributed by atoms with Gasteiger partial charge in [-0.05, 0) is 24.3 Å². The molecule has 0 amide bonds. The van der Waals surface area contributed by atoms with Crippen LogP contribution in [-0.2, 0) is 0 Å². The summed E-state index contributed by atoms with van der Waals surface area (Å²) in [5.74, 6) is -17.6. The summed E-state index contributed by atoms with van der Waals surface area (Å²) < 4.78 is 125. The van der Waals surface area contributed by atoms with Crippen LogP contribution in [0, 0.1) is 57.9 Å². The molecule has 0 fully saturated rings. The van der Waals surface area contributed by atoms with Gasteiger partial charge < -0.3 is 9.64 Å². The van der Waals surface area contributed by atoms with Gasteiger partial charge >= 0.3 is 0 Å². The van der Waals surface area contributed by atoms with E-state index in [4.69, 9.17) is 4.74 Å². The van der Waals surface area contributed by atoms with Crippen LogP contribution >= 0.6 is 0 Å². The summed E-state index contributed by atoms with van der Waals surface area (Å²) in [5.41, 5.74) is -2.19. The van der Waals surface area contributed by atoms with Crippen molar-refractivity contribution < 1.29 is 39.9 Å². The summed E-state index contributed by atoms with van der Waals surface area (Å²) in [4.78, 5) is 0.986. The van der Waals surface area contributed by atoms with Crippen LogP contribution < -0.4 is 9.64 Å². The molecule has 0 saturated heterocycles. The summed E-state index contributed by atoms with van der Waals surface area (Å²) in [5, 5.41) is 4.70. The minimum atomic E-state index is -2.34. The molecule has 0 bridgehead atoms. The van der Waals surface area contributed by atoms with Crippen LogP contribution in [-0.4, -0.2) is 0 Å². The Morgan fingerprint density at radius 2 is 0.895 bits per heavy atom. The standard InChI is InChI=1S/C27H8F8N2O/c28-19-15-10(9-36)16-18(22(31)26(35)24(33)20(16)29)27(17(15)21(30)25(34)23(19)32)37-11-5-1-3-7-13(11)38-14-8-4-2-6-12(14)37/h1-8H. The van der Waals surface area contributed by atoms with E-state index in [1.807, 2.05) is 0 Å². The smallest absolute Gasteiger partial charge is 0.198 e. The fraction of sp³-hybridized carbons (Fsp3) is 0. The second-order valence-electron chi connectivity index (χ2n) is 8.22. The fourth-order valence-corrected chi connectivity index (χ4v) is 4.71. The molecular formula is C27H8F8N2O. The van der Waals surface area contributed by atoms with Crippen LogP contribution in [0.25, 0.3) is 21.5 Å². The number of ether oxygens (including phenoxy) is 1. The molecule has 0 atom stereocenters. The summed E-state index contributed by atoms with van der Waals surface area (Å²) >= 11 is 0. The molecule has 0 radical (unpaired) electrons. The zero-order valence-corrected chi connectivity index (χ0v) is 18.4. The first-order valence-electron chi connectivity index (χ1n) is 10.7. The molecule has 3 nitrogen and oxygen atoms in total. The van der Waals surface area contributed by atoms with Gasteiger partial charge in [-0.2, -0.15) is 5.26 Å². The lowest BCUT2D eigenvalue weighted by atomic mass is 9.91. The Balaban J connectivity index is 1.99. The van der Waals surface area contributed by atoms with Crippen LogP contribution in [0.2, 0.25) is 0 Å². The molecule has 0 aromatic heterocycles. The highest BCUT2D eigenvalue weighted by atomic mass is 19.2. The van der Waals surface area contributed by atoms with Crippen LogP contribution in [0.15, 0.2) is 48.5 Å². The van der Waals surface area contributed by atoms with E-state index in [-0.39, 0.29) is 22.9 Å². The second kappa shape index (κ2) is 8.08. The van der Waals surface area contributed by atoms with Crippen molar-refractivity contribution in [2.45, 2.75) is 0 Å². The Morgan fingerprint density at radius 3 is 1.29 bits per heavy atom.